The number of benzene rings is 2. The first-order valence-corrected chi connectivity index (χ1v) is 6.96. The van der Waals surface area contributed by atoms with Gasteiger partial charge < -0.3 is 4.90 Å². The van der Waals surface area contributed by atoms with Gasteiger partial charge in [-0.05, 0) is 5.56 Å². The molecular weight excluding hydrogens is 262 g/mol. The molecule has 21 heavy (non-hydrogen) atoms. The van der Waals surface area contributed by atoms with E-state index in [0.29, 0.717) is 13.2 Å². The zero-order valence-electron chi connectivity index (χ0n) is 11.7. The van der Waals surface area contributed by atoms with E-state index in [1.54, 1.807) is 6.34 Å². The van der Waals surface area contributed by atoms with Crippen LogP contribution in [-0.2, 0) is 6.54 Å². The molecule has 0 bridgehead atoms. The molecular formula is C17H17N3O. The van der Waals surface area contributed by atoms with Crippen LogP contribution in [0.1, 0.15) is 15.9 Å². The number of ketones is 1. The number of rotatable bonds is 5. The summed E-state index contributed by atoms with van der Waals surface area (Å²) in [6, 6.07) is 19.6. The third kappa shape index (κ3) is 3.48. The summed E-state index contributed by atoms with van der Waals surface area (Å²) in [6.45, 7) is 1.76. The summed E-state index contributed by atoms with van der Waals surface area (Å²) in [7, 11) is 0. The summed E-state index contributed by atoms with van der Waals surface area (Å²) in [5.74, 6) is 0.114. The molecule has 4 nitrogen and oxygen atoms in total. The molecule has 1 heterocycles. The fraction of sp³-hybridized carbons (Fsp3) is 0.176. The maximum atomic E-state index is 12.1. The van der Waals surface area contributed by atoms with E-state index in [9.17, 15) is 4.79 Å². The van der Waals surface area contributed by atoms with Gasteiger partial charge in [-0.25, -0.2) is 0 Å². The van der Waals surface area contributed by atoms with Gasteiger partial charge in [-0.1, -0.05) is 60.7 Å². The van der Waals surface area contributed by atoms with E-state index in [2.05, 4.69) is 17.2 Å². The van der Waals surface area contributed by atoms with Crippen LogP contribution in [0.15, 0.2) is 65.8 Å². The van der Waals surface area contributed by atoms with E-state index in [1.807, 2.05) is 58.4 Å². The van der Waals surface area contributed by atoms with Crippen molar-refractivity contribution < 1.29 is 4.79 Å². The van der Waals surface area contributed by atoms with Crippen molar-refractivity contribution in [1.29, 1.82) is 0 Å². The fourth-order valence-corrected chi connectivity index (χ4v) is 2.30. The molecule has 0 atom stereocenters. The molecule has 0 N–H and O–H groups in total. The van der Waals surface area contributed by atoms with Gasteiger partial charge in [0.15, 0.2) is 5.78 Å². The van der Waals surface area contributed by atoms with E-state index in [4.69, 9.17) is 0 Å². The van der Waals surface area contributed by atoms with Gasteiger partial charge in [0.05, 0.1) is 13.1 Å². The van der Waals surface area contributed by atoms with E-state index in [0.717, 1.165) is 12.1 Å². The molecule has 2 aromatic rings. The van der Waals surface area contributed by atoms with Crippen molar-refractivity contribution in [3.05, 3.63) is 71.8 Å². The molecule has 0 radical (unpaired) electrons. The molecule has 0 aromatic heterocycles. The van der Waals surface area contributed by atoms with Crippen LogP contribution in [-0.4, -0.2) is 35.2 Å². The first-order chi connectivity index (χ1) is 10.3. The molecule has 1 aliphatic heterocycles. The van der Waals surface area contributed by atoms with Gasteiger partial charge in [-0.3, -0.25) is 9.80 Å². The Morgan fingerprint density at radius 2 is 1.67 bits per heavy atom. The Hall–Kier alpha value is -2.62. The summed E-state index contributed by atoms with van der Waals surface area (Å²) < 4.78 is 0. The molecule has 0 fully saturated rings. The van der Waals surface area contributed by atoms with Gasteiger partial charge in [0, 0.05) is 5.56 Å². The van der Waals surface area contributed by atoms with Crippen molar-refractivity contribution in [3.63, 3.8) is 0 Å². The molecule has 3 rings (SSSR count). The Labute approximate surface area is 124 Å². The maximum absolute atomic E-state index is 12.1. The van der Waals surface area contributed by atoms with Crippen molar-refractivity contribution in [1.82, 2.24) is 9.91 Å². The average Bonchev–Trinajstić information content (AvgIpc) is 2.96. The second kappa shape index (κ2) is 6.22. The minimum Gasteiger partial charge on any atom is -0.334 e. The highest BCUT2D eigenvalue weighted by atomic mass is 16.1. The lowest BCUT2D eigenvalue weighted by Crippen LogP contribution is -2.31. The van der Waals surface area contributed by atoms with Crippen LogP contribution in [0.4, 0.5) is 0 Å². The number of Topliss-reactive ketones (excluding diaryl/α,β-unsaturated/α-hetero) is 1. The van der Waals surface area contributed by atoms with Crippen LogP contribution in [0.2, 0.25) is 0 Å². The van der Waals surface area contributed by atoms with Crippen molar-refractivity contribution in [3.8, 4) is 0 Å². The quantitative estimate of drug-likeness (QED) is 0.789. The summed E-state index contributed by atoms with van der Waals surface area (Å²) >= 11 is 0. The van der Waals surface area contributed by atoms with Crippen LogP contribution < -0.4 is 0 Å². The third-order valence-corrected chi connectivity index (χ3v) is 3.37. The van der Waals surface area contributed by atoms with Gasteiger partial charge in [0.25, 0.3) is 0 Å². The van der Waals surface area contributed by atoms with Crippen molar-refractivity contribution in [2.24, 2.45) is 5.10 Å². The Kier molecular flexibility index (Phi) is 3.96. The number of hydrogen-bond acceptors (Lipinski definition) is 4. The van der Waals surface area contributed by atoms with Gasteiger partial charge in [-0.2, -0.15) is 5.10 Å². The van der Waals surface area contributed by atoms with E-state index >= 15 is 0 Å². The Morgan fingerprint density at radius 1 is 1.00 bits per heavy atom. The van der Waals surface area contributed by atoms with Gasteiger partial charge >= 0.3 is 0 Å². The number of hydrogen-bond donors (Lipinski definition) is 0. The summed E-state index contributed by atoms with van der Waals surface area (Å²) in [5.41, 5.74) is 1.96. The Balaban J connectivity index is 1.54. The molecule has 0 unspecified atom stereocenters. The molecule has 2 aromatic carbocycles. The van der Waals surface area contributed by atoms with E-state index in [-0.39, 0.29) is 5.78 Å². The highest BCUT2D eigenvalue weighted by Gasteiger charge is 2.17. The predicted octanol–water partition coefficient (Wildman–Crippen LogP) is 2.59. The molecule has 0 amide bonds. The van der Waals surface area contributed by atoms with Gasteiger partial charge in [-0.15, -0.1) is 0 Å². The molecule has 0 aliphatic carbocycles. The van der Waals surface area contributed by atoms with Crippen LogP contribution in [0.5, 0.6) is 0 Å². The lowest BCUT2D eigenvalue weighted by Gasteiger charge is -2.18. The summed E-state index contributed by atoms with van der Waals surface area (Å²) in [4.78, 5) is 14.1. The van der Waals surface area contributed by atoms with E-state index < -0.39 is 0 Å². The van der Waals surface area contributed by atoms with Gasteiger partial charge in [0.2, 0.25) is 0 Å². The number of hydrazone groups is 1. The fourth-order valence-electron chi connectivity index (χ4n) is 2.30. The second-order valence-electron chi connectivity index (χ2n) is 5.06. The zero-order chi connectivity index (χ0) is 14.5. The predicted molar refractivity (Wildman–Crippen MR) is 82.8 cm³/mol. The highest BCUT2D eigenvalue weighted by molar-refractivity contribution is 5.98. The molecule has 0 saturated heterocycles. The maximum Gasteiger partial charge on any atom is 0.182 e. The number of carbonyl (C=O) groups is 1. The lowest BCUT2D eigenvalue weighted by atomic mass is 10.1. The SMILES string of the molecule is O=C(CN1C=NN(Cc2ccccc2)C1)c1ccccc1. The average molecular weight is 279 g/mol. The van der Waals surface area contributed by atoms with Crippen molar-refractivity contribution in [2.45, 2.75) is 6.54 Å². The first-order valence-electron chi connectivity index (χ1n) is 6.96. The smallest absolute Gasteiger partial charge is 0.182 e. The molecule has 4 heteroatoms. The molecule has 0 spiro atoms. The minimum atomic E-state index is 0.114. The molecule has 1 aliphatic rings. The number of carbonyl (C=O) groups excluding carboxylic acids is 1. The Bertz CT molecular complexity index is 625. The van der Waals surface area contributed by atoms with Crippen LogP contribution in [0.3, 0.4) is 0 Å². The van der Waals surface area contributed by atoms with Crippen molar-refractivity contribution >= 4 is 12.1 Å². The van der Waals surface area contributed by atoms with Crippen molar-refractivity contribution in [2.75, 3.05) is 13.2 Å². The third-order valence-electron chi connectivity index (χ3n) is 3.37. The lowest BCUT2D eigenvalue weighted by molar-refractivity contribution is 0.0950. The second-order valence-corrected chi connectivity index (χ2v) is 5.06. The van der Waals surface area contributed by atoms with E-state index in [1.165, 1.54) is 5.56 Å². The highest BCUT2D eigenvalue weighted by Crippen LogP contribution is 2.10. The summed E-state index contributed by atoms with van der Waals surface area (Å²) in [5, 5.41) is 6.29. The van der Waals surface area contributed by atoms with Crippen LogP contribution in [0.25, 0.3) is 0 Å². The van der Waals surface area contributed by atoms with Crippen LogP contribution in [0, 0.1) is 0 Å². The topological polar surface area (TPSA) is 35.9 Å². The Morgan fingerprint density at radius 3 is 2.38 bits per heavy atom. The number of nitrogens with zero attached hydrogens (tertiary/aromatic N) is 3. The molecule has 0 saturated carbocycles. The van der Waals surface area contributed by atoms with Crippen LogP contribution >= 0.6 is 0 Å². The standard InChI is InChI=1S/C17H17N3O/c21-17(16-9-5-2-6-10-16)12-19-13-18-20(14-19)11-15-7-3-1-4-8-15/h1-10,13H,11-12,14H2. The molecule has 106 valence electrons. The minimum absolute atomic E-state index is 0.114. The summed E-state index contributed by atoms with van der Waals surface area (Å²) in [6.07, 6.45) is 1.74. The van der Waals surface area contributed by atoms with Gasteiger partial charge in [0.1, 0.15) is 13.0 Å². The normalized spacial score (nSPS) is 13.7. The first kappa shape index (κ1) is 13.4. The monoisotopic (exact) mass is 279 g/mol. The zero-order valence-corrected chi connectivity index (χ0v) is 11.7. The largest absolute Gasteiger partial charge is 0.334 e.